The normalized spacial score (nSPS) is 14.6. The molecule has 0 spiro atoms. The number of rotatable bonds is 11. The summed E-state index contributed by atoms with van der Waals surface area (Å²) in [5.41, 5.74) is 3.12. The first kappa shape index (κ1) is 27.4. The van der Waals surface area contributed by atoms with Gasteiger partial charge in [0, 0.05) is 24.9 Å². The summed E-state index contributed by atoms with van der Waals surface area (Å²) in [6, 6.07) is 27.7. The Kier molecular flexibility index (Phi) is 9.97. The van der Waals surface area contributed by atoms with Gasteiger partial charge < -0.3 is 15.0 Å². The summed E-state index contributed by atoms with van der Waals surface area (Å²) in [5.74, 6) is 0.556. The van der Waals surface area contributed by atoms with Crippen molar-refractivity contribution in [3.8, 4) is 5.75 Å². The molecule has 0 saturated heterocycles. The molecule has 1 fully saturated rings. The Labute approximate surface area is 227 Å². The van der Waals surface area contributed by atoms with Crippen LogP contribution in [-0.2, 0) is 16.1 Å². The van der Waals surface area contributed by atoms with Gasteiger partial charge in [0.1, 0.15) is 11.8 Å². The molecule has 1 saturated carbocycles. The number of ether oxygens (including phenoxy) is 1. The smallest absolute Gasteiger partial charge is 0.243 e. The third kappa shape index (κ3) is 7.25. The third-order valence-corrected chi connectivity index (χ3v) is 7.61. The zero-order chi connectivity index (χ0) is 26.7. The monoisotopic (exact) mass is 512 g/mol. The summed E-state index contributed by atoms with van der Waals surface area (Å²) in [5, 5.41) is 3.27. The fourth-order valence-corrected chi connectivity index (χ4v) is 5.52. The summed E-state index contributed by atoms with van der Waals surface area (Å²) in [4.78, 5) is 29.6. The lowest BCUT2D eigenvalue weighted by molar-refractivity contribution is -0.142. The van der Waals surface area contributed by atoms with Crippen molar-refractivity contribution >= 4 is 11.8 Å². The molecule has 0 bridgehead atoms. The van der Waals surface area contributed by atoms with Crippen molar-refractivity contribution in [2.75, 3.05) is 7.11 Å². The number of methoxy groups -OCH3 is 1. The van der Waals surface area contributed by atoms with Gasteiger partial charge in [0.15, 0.2) is 0 Å². The van der Waals surface area contributed by atoms with Gasteiger partial charge in [-0.2, -0.15) is 0 Å². The lowest BCUT2D eigenvalue weighted by Gasteiger charge is -2.34. The number of amides is 2. The second-order valence-corrected chi connectivity index (χ2v) is 10.2. The summed E-state index contributed by atoms with van der Waals surface area (Å²) in [6.07, 6.45) is 6.37. The van der Waals surface area contributed by atoms with E-state index in [9.17, 15) is 9.59 Å². The Bertz CT molecular complexity index is 1120. The summed E-state index contributed by atoms with van der Waals surface area (Å²) < 4.78 is 5.43. The van der Waals surface area contributed by atoms with Gasteiger partial charge in [-0.1, -0.05) is 99.0 Å². The van der Waals surface area contributed by atoms with Gasteiger partial charge in [0.25, 0.3) is 0 Å². The number of hydrogen-bond acceptors (Lipinski definition) is 3. The molecule has 1 atom stereocenters. The first-order valence-corrected chi connectivity index (χ1v) is 13.9. The molecule has 200 valence electrons. The maximum Gasteiger partial charge on any atom is 0.243 e. The van der Waals surface area contributed by atoms with Crippen molar-refractivity contribution in [3.05, 3.63) is 102 Å². The van der Waals surface area contributed by atoms with Crippen molar-refractivity contribution in [1.82, 2.24) is 10.2 Å². The number of nitrogens with one attached hydrogen (secondary N) is 1. The predicted molar refractivity (Wildman–Crippen MR) is 152 cm³/mol. The largest absolute Gasteiger partial charge is 0.497 e. The Morgan fingerprint density at radius 2 is 1.53 bits per heavy atom. The van der Waals surface area contributed by atoms with Crippen LogP contribution in [0.15, 0.2) is 84.9 Å². The molecule has 1 aliphatic carbocycles. The summed E-state index contributed by atoms with van der Waals surface area (Å²) >= 11 is 0. The van der Waals surface area contributed by atoms with E-state index in [1.807, 2.05) is 67.6 Å². The molecular weight excluding hydrogens is 472 g/mol. The topological polar surface area (TPSA) is 58.6 Å². The molecule has 2 amide bonds. The minimum atomic E-state index is -0.539. The van der Waals surface area contributed by atoms with Crippen molar-refractivity contribution in [3.63, 3.8) is 0 Å². The van der Waals surface area contributed by atoms with Gasteiger partial charge in [-0.25, -0.2) is 0 Å². The second-order valence-electron chi connectivity index (χ2n) is 10.2. The summed E-state index contributed by atoms with van der Waals surface area (Å²) in [7, 11) is 1.64. The molecule has 38 heavy (non-hydrogen) atoms. The SMILES string of the molecule is CC[C@@H](C(=O)NC1CCCCC1)N(Cc1cccc(OC)c1)C(=O)CC(c1ccccc1)c1ccccc1. The highest BCUT2D eigenvalue weighted by Gasteiger charge is 2.32. The Balaban J connectivity index is 1.63. The average molecular weight is 513 g/mol. The zero-order valence-electron chi connectivity index (χ0n) is 22.6. The van der Waals surface area contributed by atoms with E-state index in [2.05, 4.69) is 29.6 Å². The van der Waals surface area contributed by atoms with Crippen molar-refractivity contribution in [2.45, 2.75) is 76.4 Å². The highest BCUT2D eigenvalue weighted by molar-refractivity contribution is 5.88. The van der Waals surface area contributed by atoms with Crippen LogP contribution < -0.4 is 10.1 Å². The van der Waals surface area contributed by atoms with Gasteiger partial charge in [-0.3, -0.25) is 9.59 Å². The van der Waals surface area contributed by atoms with Crippen LogP contribution in [0.5, 0.6) is 5.75 Å². The van der Waals surface area contributed by atoms with E-state index >= 15 is 0 Å². The van der Waals surface area contributed by atoms with E-state index in [1.54, 1.807) is 12.0 Å². The highest BCUT2D eigenvalue weighted by Crippen LogP contribution is 2.30. The molecule has 1 aliphatic rings. The van der Waals surface area contributed by atoms with Crippen LogP contribution in [-0.4, -0.2) is 35.9 Å². The lowest BCUT2D eigenvalue weighted by atomic mass is 9.88. The zero-order valence-corrected chi connectivity index (χ0v) is 22.6. The van der Waals surface area contributed by atoms with E-state index in [0.29, 0.717) is 13.0 Å². The first-order valence-electron chi connectivity index (χ1n) is 13.9. The van der Waals surface area contributed by atoms with Crippen LogP contribution in [0.1, 0.15) is 74.5 Å². The lowest BCUT2D eigenvalue weighted by Crippen LogP contribution is -2.51. The molecule has 1 N–H and O–H groups in total. The molecule has 0 heterocycles. The molecule has 0 aliphatic heterocycles. The molecule has 3 aromatic carbocycles. The minimum Gasteiger partial charge on any atom is -0.497 e. The van der Waals surface area contributed by atoms with Crippen LogP contribution in [0.3, 0.4) is 0 Å². The molecular formula is C33H40N2O3. The average Bonchev–Trinajstić information content (AvgIpc) is 2.97. The fraction of sp³-hybridized carbons (Fsp3) is 0.394. The number of hydrogen-bond donors (Lipinski definition) is 1. The Morgan fingerprint density at radius 3 is 2.11 bits per heavy atom. The van der Waals surface area contributed by atoms with Crippen LogP contribution in [0.4, 0.5) is 0 Å². The molecule has 3 aromatic rings. The van der Waals surface area contributed by atoms with Crippen LogP contribution in [0, 0.1) is 0 Å². The molecule has 5 nitrogen and oxygen atoms in total. The van der Waals surface area contributed by atoms with Gasteiger partial charge in [-0.15, -0.1) is 0 Å². The van der Waals surface area contributed by atoms with Crippen LogP contribution >= 0.6 is 0 Å². The standard InChI is InChI=1S/C33H40N2O3/c1-3-31(33(37)34-28-19-11-6-12-20-28)35(24-25-14-13-21-29(22-25)38-2)32(36)23-30(26-15-7-4-8-16-26)27-17-9-5-10-18-27/h4-5,7-10,13-18,21-22,28,30-31H,3,6,11-12,19-20,23-24H2,1-2H3,(H,34,37)/t31-/m0/s1. The molecule has 4 rings (SSSR count). The van der Waals surface area contributed by atoms with Gasteiger partial charge >= 0.3 is 0 Å². The predicted octanol–water partition coefficient (Wildman–Crippen LogP) is 6.47. The maximum atomic E-state index is 14.2. The highest BCUT2D eigenvalue weighted by atomic mass is 16.5. The van der Waals surface area contributed by atoms with Crippen LogP contribution in [0.2, 0.25) is 0 Å². The van der Waals surface area contributed by atoms with Crippen LogP contribution in [0.25, 0.3) is 0 Å². The molecule has 0 aromatic heterocycles. The molecule has 5 heteroatoms. The van der Waals surface area contributed by atoms with Gasteiger partial charge in [-0.05, 0) is 48.1 Å². The molecule has 0 radical (unpaired) electrons. The number of carbonyl (C=O) groups is 2. The van der Waals surface area contributed by atoms with E-state index in [4.69, 9.17) is 4.74 Å². The van der Waals surface area contributed by atoms with E-state index in [1.165, 1.54) is 6.42 Å². The quantitative estimate of drug-likeness (QED) is 0.320. The van der Waals surface area contributed by atoms with Gasteiger partial charge in [0.05, 0.1) is 7.11 Å². The minimum absolute atomic E-state index is 0.0313. The number of benzene rings is 3. The second kappa shape index (κ2) is 13.8. The van der Waals surface area contributed by atoms with E-state index in [0.717, 1.165) is 48.1 Å². The molecule has 0 unspecified atom stereocenters. The van der Waals surface area contributed by atoms with E-state index in [-0.39, 0.29) is 30.2 Å². The van der Waals surface area contributed by atoms with Gasteiger partial charge in [0.2, 0.25) is 11.8 Å². The maximum absolute atomic E-state index is 14.2. The number of nitrogens with zero attached hydrogens (tertiary/aromatic N) is 1. The van der Waals surface area contributed by atoms with Crippen molar-refractivity contribution in [1.29, 1.82) is 0 Å². The first-order chi connectivity index (χ1) is 18.6. The summed E-state index contributed by atoms with van der Waals surface area (Å²) in [6.45, 7) is 2.34. The fourth-order valence-electron chi connectivity index (χ4n) is 5.52. The third-order valence-electron chi connectivity index (χ3n) is 7.61. The Morgan fingerprint density at radius 1 is 0.895 bits per heavy atom. The van der Waals surface area contributed by atoms with E-state index < -0.39 is 6.04 Å². The Hall–Kier alpha value is -3.60. The van der Waals surface area contributed by atoms with Crippen molar-refractivity contribution < 1.29 is 14.3 Å². The number of carbonyl (C=O) groups excluding carboxylic acids is 2. The van der Waals surface area contributed by atoms with Crippen molar-refractivity contribution in [2.24, 2.45) is 0 Å².